The second-order valence-electron chi connectivity index (χ2n) is 5.48. The minimum absolute atomic E-state index is 0.0532. The zero-order valence-electron chi connectivity index (χ0n) is 11.9. The van der Waals surface area contributed by atoms with E-state index >= 15 is 0 Å². The van der Waals surface area contributed by atoms with Gasteiger partial charge in [0.1, 0.15) is 0 Å². The fourth-order valence-electron chi connectivity index (χ4n) is 2.67. The lowest BCUT2D eigenvalue weighted by Crippen LogP contribution is -2.46. The van der Waals surface area contributed by atoms with Crippen LogP contribution in [0.4, 0.5) is 0 Å². The summed E-state index contributed by atoms with van der Waals surface area (Å²) >= 11 is 0. The fraction of sp³-hybridized carbons (Fsp3) is 0.500. The molecule has 1 aliphatic carbocycles. The van der Waals surface area contributed by atoms with E-state index in [9.17, 15) is 13.2 Å². The monoisotopic (exact) mass is 296 g/mol. The van der Waals surface area contributed by atoms with E-state index in [0.29, 0.717) is 5.92 Å². The summed E-state index contributed by atoms with van der Waals surface area (Å²) in [6.45, 7) is 3.63. The minimum atomic E-state index is -3.39. The van der Waals surface area contributed by atoms with E-state index in [1.807, 2.05) is 18.2 Å². The maximum absolute atomic E-state index is 12.1. The van der Waals surface area contributed by atoms with Gasteiger partial charge in [0, 0.05) is 0 Å². The zero-order chi connectivity index (χ0) is 14.9. The van der Waals surface area contributed by atoms with Gasteiger partial charge >= 0.3 is 0 Å². The molecule has 110 valence electrons. The fourth-order valence-corrected chi connectivity index (χ4v) is 3.42. The Labute approximate surface area is 119 Å². The highest BCUT2D eigenvalue weighted by molar-refractivity contribution is 7.88. The number of benzene rings is 1. The predicted octanol–water partition coefficient (Wildman–Crippen LogP) is 0.974. The Morgan fingerprint density at radius 3 is 2.65 bits per heavy atom. The highest BCUT2D eigenvalue weighted by Gasteiger charge is 2.31. The van der Waals surface area contributed by atoms with E-state index in [2.05, 4.69) is 23.0 Å². The van der Waals surface area contributed by atoms with Crippen molar-refractivity contribution in [2.45, 2.75) is 32.4 Å². The molecule has 0 aromatic heterocycles. The number of nitrogens with one attached hydrogen (secondary N) is 2. The summed E-state index contributed by atoms with van der Waals surface area (Å²) in [6, 6.07) is 7.19. The van der Waals surface area contributed by atoms with Gasteiger partial charge in [-0.25, -0.2) is 13.1 Å². The lowest BCUT2D eigenvalue weighted by molar-refractivity contribution is -0.123. The van der Waals surface area contributed by atoms with Crippen LogP contribution in [0.15, 0.2) is 24.3 Å². The van der Waals surface area contributed by atoms with Crippen LogP contribution in [0.25, 0.3) is 0 Å². The molecule has 2 N–H and O–H groups in total. The van der Waals surface area contributed by atoms with Crippen molar-refractivity contribution in [2.24, 2.45) is 5.92 Å². The molecule has 0 saturated carbocycles. The molecular formula is C14H20N2O3S. The van der Waals surface area contributed by atoms with E-state index in [4.69, 9.17) is 0 Å². The molecule has 0 radical (unpaired) electrons. The van der Waals surface area contributed by atoms with Crippen molar-refractivity contribution in [3.05, 3.63) is 35.4 Å². The Morgan fingerprint density at radius 2 is 2.00 bits per heavy atom. The molecule has 3 atom stereocenters. The second kappa shape index (κ2) is 5.54. The quantitative estimate of drug-likeness (QED) is 0.869. The van der Waals surface area contributed by atoms with Crippen molar-refractivity contribution >= 4 is 15.9 Å². The largest absolute Gasteiger partial charge is 0.348 e. The van der Waals surface area contributed by atoms with Crippen LogP contribution in [0, 0.1) is 5.92 Å². The number of carbonyl (C=O) groups is 1. The van der Waals surface area contributed by atoms with E-state index < -0.39 is 16.1 Å². The molecule has 1 amide bonds. The van der Waals surface area contributed by atoms with Crippen LogP contribution in [0.2, 0.25) is 0 Å². The Morgan fingerprint density at radius 1 is 1.35 bits per heavy atom. The molecule has 5 nitrogen and oxygen atoms in total. The first-order valence-electron chi connectivity index (χ1n) is 6.63. The van der Waals surface area contributed by atoms with Gasteiger partial charge in [-0.15, -0.1) is 0 Å². The lowest BCUT2D eigenvalue weighted by atomic mass is 10.0. The zero-order valence-corrected chi connectivity index (χ0v) is 12.7. The molecule has 0 fully saturated rings. The van der Waals surface area contributed by atoms with Crippen LogP contribution >= 0.6 is 0 Å². The number of hydrogen-bond donors (Lipinski definition) is 2. The van der Waals surface area contributed by atoms with Gasteiger partial charge in [0.2, 0.25) is 15.9 Å². The average Bonchev–Trinajstić information content (AvgIpc) is 2.64. The van der Waals surface area contributed by atoms with Crippen molar-refractivity contribution in [1.29, 1.82) is 0 Å². The summed E-state index contributed by atoms with van der Waals surface area (Å²) in [7, 11) is -3.39. The van der Waals surface area contributed by atoms with Crippen LogP contribution in [0.3, 0.4) is 0 Å². The Balaban J connectivity index is 2.09. The first-order chi connectivity index (χ1) is 9.28. The summed E-state index contributed by atoms with van der Waals surface area (Å²) in [5.41, 5.74) is 2.37. The van der Waals surface area contributed by atoms with Crippen LogP contribution in [-0.4, -0.2) is 26.6 Å². The maximum Gasteiger partial charge on any atom is 0.238 e. The molecule has 0 unspecified atom stereocenters. The third-order valence-corrected chi connectivity index (χ3v) is 4.36. The third kappa shape index (κ3) is 3.37. The number of hydrogen-bond acceptors (Lipinski definition) is 3. The van der Waals surface area contributed by atoms with Crippen LogP contribution in [0.1, 0.15) is 31.0 Å². The van der Waals surface area contributed by atoms with Gasteiger partial charge in [-0.3, -0.25) is 4.79 Å². The molecule has 0 heterocycles. The lowest BCUT2D eigenvalue weighted by Gasteiger charge is -2.21. The van der Waals surface area contributed by atoms with Crippen molar-refractivity contribution in [3.8, 4) is 0 Å². The van der Waals surface area contributed by atoms with E-state index in [1.165, 1.54) is 5.56 Å². The number of rotatable bonds is 4. The normalized spacial score (nSPS) is 23.1. The summed E-state index contributed by atoms with van der Waals surface area (Å²) in [5, 5.41) is 2.94. The number of carbonyl (C=O) groups excluding carboxylic acids is 1. The molecule has 0 bridgehead atoms. The minimum Gasteiger partial charge on any atom is -0.348 e. The molecule has 6 heteroatoms. The molecule has 0 saturated heterocycles. The number of sulfonamides is 1. The van der Waals surface area contributed by atoms with E-state index in [1.54, 1.807) is 6.92 Å². The Hall–Kier alpha value is -1.40. The predicted molar refractivity (Wildman–Crippen MR) is 77.6 cm³/mol. The molecule has 0 spiro atoms. The molecule has 0 aliphatic heterocycles. The molecule has 1 aliphatic rings. The molecule has 20 heavy (non-hydrogen) atoms. The first kappa shape index (κ1) is 15.0. The van der Waals surface area contributed by atoms with E-state index in [-0.39, 0.29) is 11.9 Å². The standard InChI is InChI=1S/C14H20N2O3S/c1-9-8-11-6-4-5-7-12(11)13(9)15-14(17)10(2)16-20(3,18)19/h4-7,9-10,13,16H,8H2,1-3H3,(H,15,17)/t9-,10-,13-/m0/s1. The van der Waals surface area contributed by atoms with Crippen molar-refractivity contribution in [1.82, 2.24) is 10.0 Å². The summed E-state index contributed by atoms with van der Waals surface area (Å²) in [6.07, 6.45) is 1.97. The first-order valence-corrected chi connectivity index (χ1v) is 8.52. The summed E-state index contributed by atoms with van der Waals surface area (Å²) < 4.78 is 24.6. The number of amides is 1. The molecular weight excluding hydrogens is 276 g/mol. The topological polar surface area (TPSA) is 75.3 Å². The van der Waals surface area contributed by atoms with Gasteiger partial charge in [0.25, 0.3) is 0 Å². The summed E-state index contributed by atoms with van der Waals surface area (Å²) in [4.78, 5) is 12.1. The van der Waals surface area contributed by atoms with Gasteiger partial charge in [-0.2, -0.15) is 0 Å². The SMILES string of the molecule is C[C@H](NS(C)(=O)=O)C(=O)N[C@@H]1c2ccccc2C[C@@H]1C. The van der Waals surface area contributed by atoms with Gasteiger partial charge < -0.3 is 5.32 Å². The highest BCUT2D eigenvalue weighted by atomic mass is 32.2. The van der Waals surface area contributed by atoms with Gasteiger partial charge in [-0.1, -0.05) is 31.2 Å². The Kier molecular flexibility index (Phi) is 4.15. The van der Waals surface area contributed by atoms with Gasteiger partial charge in [-0.05, 0) is 30.4 Å². The van der Waals surface area contributed by atoms with Crippen molar-refractivity contribution in [2.75, 3.05) is 6.26 Å². The molecule has 1 aromatic rings. The average molecular weight is 296 g/mol. The van der Waals surface area contributed by atoms with Crippen LogP contribution < -0.4 is 10.0 Å². The van der Waals surface area contributed by atoms with Gasteiger partial charge in [0.15, 0.2) is 0 Å². The van der Waals surface area contributed by atoms with Crippen LogP contribution in [-0.2, 0) is 21.2 Å². The summed E-state index contributed by atoms with van der Waals surface area (Å²) in [5.74, 6) is 0.00533. The maximum atomic E-state index is 12.1. The second-order valence-corrected chi connectivity index (χ2v) is 7.26. The third-order valence-electron chi connectivity index (χ3n) is 3.58. The van der Waals surface area contributed by atoms with Crippen molar-refractivity contribution in [3.63, 3.8) is 0 Å². The molecule has 1 aromatic carbocycles. The number of fused-ring (bicyclic) bond motifs is 1. The highest BCUT2D eigenvalue weighted by Crippen LogP contribution is 2.35. The molecule has 2 rings (SSSR count). The van der Waals surface area contributed by atoms with Crippen LogP contribution in [0.5, 0.6) is 0 Å². The van der Waals surface area contributed by atoms with E-state index in [0.717, 1.165) is 18.2 Å². The smallest absolute Gasteiger partial charge is 0.238 e. The Bertz CT molecular complexity index is 613. The van der Waals surface area contributed by atoms with Gasteiger partial charge in [0.05, 0.1) is 18.3 Å². The van der Waals surface area contributed by atoms with Crippen molar-refractivity contribution < 1.29 is 13.2 Å².